The number of hydrogen-bond donors (Lipinski definition) is 0. The lowest BCUT2D eigenvalue weighted by Crippen LogP contribution is -2.32. The molecule has 1 heterocycles. The molecule has 0 spiro atoms. The molecule has 12 heavy (non-hydrogen) atoms. The summed E-state index contributed by atoms with van der Waals surface area (Å²) in [6.45, 7) is 0. The molecule has 2 rings (SSSR count). The molecule has 0 N–H and O–H groups in total. The van der Waals surface area contributed by atoms with E-state index >= 15 is 0 Å². The molecule has 1 saturated carbocycles. The third-order valence-electron chi connectivity index (χ3n) is 2.35. The number of aromatic nitrogens is 2. The van der Waals surface area contributed by atoms with Crippen molar-refractivity contribution in [3.63, 3.8) is 0 Å². The van der Waals surface area contributed by atoms with Crippen LogP contribution in [0, 0.1) is 3.57 Å². The first kappa shape index (κ1) is 8.50. The van der Waals surface area contributed by atoms with Gasteiger partial charge < -0.3 is 4.74 Å². The first-order valence-electron chi connectivity index (χ1n) is 4.02. The van der Waals surface area contributed by atoms with Gasteiger partial charge in [-0.3, -0.25) is 4.68 Å². The minimum absolute atomic E-state index is 0.455. The fourth-order valence-corrected chi connectivity index (χ4v) is 1.87. The quantitative estimate of drug-likeness (QED) is 0.772. The Bertz CT molecular complexity index is 268. The van der Waals surface area contributed by atoms with Crippen LogP contribution in [0.15, 0.2) is 12.4 Å². The predicted molar refractivity (Wildman–Crippen MR) is 54.0 cm³/mol. The van der Waals surface area contributed by atoms with E-state index in [1.54, 1.807) is 7.11 Å². The van der Waals surface area contributed by atoms with Crippen molar-refractivity contribution in [1.29, 1.82) is 0 Å². The van der Waals surface area contributed by atoms with Crippen LogP contribution in [0.5, 0.6) is 0 Å². The van der Waals surface area contributed by atoms with Crippen LogP contribution in [0.1, 0.15) is 18.9 Å². The van der Waals surface area contributed by atoms with Gasteiger partial charge in [0.05, 0.1) is 21.9 Å². The zero-order chi connectivity index (χ0) is 8.55. The Hall–Kier alpha value is -0.100. The molecule has 0 amide bonds. The van der Waals surface area contributed by atoms with Crippen molar-refractivity contribution in [3.8, 4) is 0 Å². The van der Waals surface area contributed by atoms with E-state index in [0.717, 1.165) is 12.8 Å². The zero-order valence-corrected chi connectivity index (χ0v) is 9.06. The number of halogens is 1. The van der Waals surface area contributed by atoms with Crippen molar-refractivity contribution < 1.29 is 4.74 Å². The number of rotatable bonds is 2. The summed E-state index contributed by atoms with van der Waals surface area (Å²) < 4.78 is 8.44. The number of ether oxygens (including phenoxy) is 1. The molecule has 0 bridgehead atoms. The van der Waals surface area contributed by atoms with Crippen LogP contribution < -0.4 is 0 Å². The highest BCUT2D eigenvalue weighted by Gasteiger charge is 2.30. The molecule has 1 aliphatic carbocycles. The average Bonchev–Trinajstić information content (AvgIpc) is 2.34. The normalized spacial score (nSPS) is 28.5. The van der Waals surface area contributed by atoms with Crippen molar-refractivity contribution >= 4 is 22.6 Å². The molecule has 4 heteroatoms. The standard InChI is InChI=1S/C8H11IN2O/c1-12-8-2-7(3-8)11-5-6(9)4-10-11/h4-5,7-8H,2-3H2,1H3. The van der Waals surface area contributed by atoms with Crippen LogP contribution >= 0.6 is 22.6 Å². The Morgan fingerprint density at radius 1 is 1.67 bits per heavy atom. The molecule has 1 fully saturated rings. The van der Waals surface area contributed by atoms with Gasteiger partial charge in [-0.05, 0) is 35.4 Å². The van der Waals surface area contributed by atoms with Gasteiger partial charge in [0.25, 0.3) is 0 Å². The second-order valence-electron chi connectivity index (χ2n) is 3.12. The zero-order valence-electron chi connectivity index (χ0n) is 6.90. The summed E-state index contributed by atoms with van der Waals surface area (Å²) in [6, 6.07) is 0.568. The molecule has 1 aromatic heterocycles. The fourth-order valence-electron chi connectivity index (χ4n) is 1.46. The highest BCUT2D eigenvalue weighted by molar-refractivity contribution is 14.1. The van der Waals surface area contributed by atoms with E-state index < -0.39 is 0 Å². The maximum absolute atomic E-state index is 5.20. The van der Waals surface area contributed by atoms with Gasteiger partial charge in [0.2, 0.25) is 0 Å². The van der Waals surface area contributed by atoms with Gasteiger partial charge in [0, 0.05) is 13.3 Å². The maximum atomic E-state index is 5.20. The molecular formula is C8H11IN2O. The Balaban J connectivity index is 1.96. The maximum Gasteiger partial charge on any atom is 0.0623 e. The molecule has 0 aliphatic heterocycles. The van der Waals surface area contributed by atoms with Gasteiger partial charge in [-0.25, -0.2) is 0 Å². The Kier molecular flexibility index (Phi) is 2.36. The topological polar surface area (TPSA) is 27.1 Å². The van der Waals surface area contributed by atoms with Crippen molar-refractivity contribution in [2.24, 2.45) is 0 Å². The van der Waals surface area contributed by atoms with Crippen LogP contribution in [0.3, 0.4) is 0 Å². The second-order valence-corrected chi connectivity index (χ2v) is 4.37. The molecule has 1 aromatic rings. The third-order valence-corrected chi connectivity index (χ3v) is 2.90. The van der Waals surface area contributed by atoms with Crippen LogP contribution in [0.2, 0.25) is 0 Å². The van der Waals surface area contributed by atoms with Crippen LogP contribution in [0.25, 0.3) is 0 Å². The Labute approximate surface area is 85.2 Å². The summed E-state index contributed by atoms with van der Waals surface area (Å²) in [7, 11) is 1.77. The summed E-state index contributed by atoms with van der Waals surface area (Å²) in [4.78, 5) is 0. The molecule has 66 valence electrons. The van der Waals surface area contributed by atoms with Crippen molar-refractivity contribution in [2.75, 3.05) is 7.11 Å². The highest BCUT2D eigenvalue weighted by Crippen LogP contribution is 2.33. The molecule has 0 aromatic carbocycles. The lowest BCUT2D eigenvalue weighted by molar-refractivity contribution is 0.00247. The molecular weight excluding hydrogens is 267 g/mol. The van der Waals surface area contributed by atoms with E-state index in [2.05, 4.69) is 33.9 Å². The molecule has 0 atom stereocenters. The van der Waals surface area contributed by atoms with Gasteiger partial charge in [0.1, 0.15) is 0 Å². The van der Waals surface area contributed by atoms with Gasteiger partial charge in [0.15, 0.2) is 0 Å². The summed E-state index contributed by atoms with van der Waals surface area (Å²) in [5.74, 6) is 0. The summed E-state index contributed by atoms with van der Waals surface area (Å²) >= 11 is 2.27. The first-order chi connectivity index (χ1) is 5.79. The third kappa shape index (κ3) is 1.50. The molecule has 0 unspecified atom stereocenters. The molecule has 0 radical (unpaired) electrons. The Morgan fingerprint density at radius 2 is 2.42 bits per heavy atom. The smallest absolute Gasteiger partial charge is 0.0623 e. The van der Waals surface area contributed by atoms with Crippen LogP contribution in [-0.4, -0.2) is 23.0 Å². The van der Waals surface area contributed by atoms with Gasteiger partial charge in [-0.2, -0.15) is 5.10 Å². The largest absolute Gasteiger partial charge is 0.381 e. The molecule has 0 saturated heterocycles. The lowest BCUT2D eigenvalue weighted by atomic mass is 9.89. The highest BCUT2D eigenvalue weighted by atomic mass is 127. The van der Waals surface area contributed by atoms with E-state index in [1.807, 2.05) is 10.9 Å². The average molecular weight is 278 g/mol. The Morgan fingerprint density at radius 3 is 2.92 bits per heavy atom. The monoisotopic (exact) mass is 278 g/mol. The van der Waals surface area contributed by atoms with Gasteiger partial charge in [-0.15, -0.1) is 0 Å². The van der Waals surface area contributed by atoms with Crippen molar-refractivity contribution in [2.45, 2.75) is 25.0 Å². The first-order valence-corrected chi connectivity index (χ1v) is 5.10. The van der Waals surface area contributed by atoms with Crippen LogP contribution in [0.4, 0.5) is 0 Å². The van der Waals surface area contributed by atoms with E-state index in [1.165, 1.54) is 3.57 Å². The van der Waals surface area contributed by atoms with E-state index in [-0.39, 0.29) is 0 Å². The minimum Gasteiger partial charge on any atom is -0.381 e. The SMILES string of the molecule is COC1CC(n2cc(I)cn2)C1. The minimum atomic E-state index is 0.455. The van der Waals surface area contributed by atoms with Crippen molar-refractivity contribution in [1.82, 2.24) is 9.78 Å². The van der Waals surface area contributed by atoms with Crippen LogP contribution in [-0.2, 0) is 4.74 Å². The summed E-state index contributed by atoms with van der Waals surface area (Å²) in [6.07, 6.45) is 6.64. The summed E-state index contributed by atoms with van der Waals surface area (Å²) in [5.41, 5.74) is 0. The predicted octanol–water partition coefficient (Wildman–Crippen LogP) is 1.84. The van der Waals surface area contributed by atoms with Gasteiger partial charge in [-0.1, -0.05) is 0 Å². The van der Waals surface area contributed by atoms with E-state index in [0.29, 0.717) is 12.1 Å². The number of methoxy groups -OCH3 is 1. The fraction of sp³-hybridized carbons (Fsp3) is 0.625. The second kappa shape index (κ2) is 3.33. The van der Waals surface area contributed by atoms with Gasteiger partial charge >= 0.3 is 0 Å². The summed E-state index contributed by atoms with van der Waals surface area (Å²) in [5, 5.41) is 4.26. The molecule has 1 aliphatic rings. The number of hydrogen-bond acceptors (Lipinski definition) is 2. The van der Waals surface area contributed by atoms with E-state index in [9.17, 15) is 0 Å². The molecule has 3 nitrogen and oxygen atoms in total. The van der Waals surface area contributed by atoms with Crippen molar-refractivity contribution in [3.05, 3.63) is 16.0 Å². The number of nitrogens with zero attached hydrogens (tertiary/aromatic N) is 2. The van der Waals surface area contributed by atoms with E-state index in [4.69, 9.17) is 4.74 Å². The lowest BCUT2D eigenvalue weighted by Gasteiger charge is -2.33.